The Hall–Kier alpha value is -2.76. The molecular weight excluding hydrogens is 292 g/mol. The third-order valence-corrected chi connectivity index (χ3v) is 3.98. The van der Waals surface area contributed by atoms with Gasteiger partial charge in [0.1, 0.15) is 5.82 Å². The van der Waals surface area contributed by atoms with Crippen molar-refractivity contribution in [1.29, 1.82) is 0 Å². The fourth-order valence-electron chi connectivity index (χ4n) is 2.82. The molecule has 1 aromatic carbocycles. The van der Waals surface area contributed by atoms with Gasteiger partial charge in [0, 0.05) is 43.3 Å². The summed E-state index contributed by atoms with van der Waals surface area (Å²) in [5.41, 5.74) is 2.11. The lowest BCUT2D eigenvalue weighted by Gasteiger charge is -2.19. The maximum atomic E-state index is 10.6. The molecule has 1 unspecified atom stereocenters. The molecule has 0 aliphatic carbocycles. The summed E-state index contributed by atoms with van der Waals surface area (Å²) >= 11 is 0. The Morgan fingerprint density at radius 2 is 2.13 bits per heavy atom. The number of anilines is 3. The predicted molar refractivity (Wildman–Crippen MR) is 90.3 cm³/mol. The first kappa shape index (κ1) is 15.1. The van der Waals surface area contributed by atoms with Crippen molar-refractivity contribution < 1.29 is 9.90 Å². The fraction of sp³-hybridized carbons (Fsp3) is 0.294. The lowest BCUT2D eigenvalue weighted by atomic mass is 10.1. The van der Waals surface area contributed by atoms with E-state index < -0.39 is 6.09 Å². The Balaban J connectivity index is 1.63. The van der Waals surface area contributed by atoms with Crippen LogP contribution in [0.2, 0.25) is 0 Å². The minimum Gasteiger partial charge on any atom is -0.465 e. The molecule has 120 valence electrons. The molecule has 23 heavy (non-hydrogen) atoms. The van der Waals surface area contributed by atoms with Crippen molar-refractivity contribution in [3.8, 4) is 0 Å². The van der Waals surface area contributed by atoms with Gasteiger partial charge in [0.15, 0.2) is 0 Å². The third-order valence-electron chi connectivity index (χ3n) is 3.98. The molecule has 0 spiro atoms. The first-order valence-electron chi connectivity index (χ1n) is 7.70. The lowest BCUT2D eigenvalue weighted by molar-refractivity contribution is 0.192. The van der Waals surface area contributed by atoms with E-state index in [1.807, 2.05) is 42.5 Å². The highest BCUT2D eigenvalue weighted by atomic mass is 16.4. The normalized spacial score (nSPS) is 17.0. The molecule has 1 atom stereocenters. The summed E-state index contributed by atoms with van der Waals surface area (Å²) in [6, 6.07) is 13.9. The van der Waals surface area contributed by atoms with Gasteiger partial charge in [-0.1, -0.05) is 18.2 Å². The van der Waals surface area contributed by atoms with Crippen LogP contribution < -0.4 is 15.5 Å². The van der Waals surface area contributed by atoms with Crippen LogP contribution in [0.15, 0.2) is 48.7 Å². The van der Waals surface area contributed by atoms with Crippen LogP contribution in [0.25, 0.3) is 0 Å². The van der Waals surface area contributed by atoms with Crippen molar-refractivity contribution in [2.24, 2.45) is 5.92 Å². The number of pyridine rings is 1. The van der Waals surface area contributed by atoms with Gasteiger partial charge in [-0.2, -0.15) is 0 Å². The van der Waals surface area contributed by atoms with E-state index in [9.17, 15) is 4.79 Å². The smallest absolute Gasteiger partial charge is 0.404 e. The van der Waals surface area contributed by atoms with Crippen molar-refractivity contribution in [1.82, 2.24) is 10.3 Å². The third kappa shape index (κ3) is 4.12. The number of hydrogen-bond donors (Lipinski definition) is 3. The minimum atomic E-state index is -0.957. The van der Waals surface area contributed by atoms with E-state index in [2.05, 4.69) is 20.5 Å². The summed E-state index contributed by atoms with van der Waals surface area (Å²) in [6.45, 7) is 2.29. The number of benzene rings is 1. The number of nitrogens with one attached hydrogen (secondary N) is 2. The number of rotatable bonds is 5. The molecule has 2 heterocycles. The van der Waals surface area contributed by atoms with Crippen LogP contribution >= 0.6 is 0 Å². The van der Waals surface area contributed by atoms with E-state index in [0.29, 0.717) is 12.5 Å². The molecular formula is C17H20N4O2. The zero-order valence-electron chi connectivity index (χ0n) is 12.8. The molecule has 0 bridgehead atoms. The van der Waals surface area contributed by atoms with E-state index >= 15 is 0 Å². The number of aromatic nitrogens is 1. The quantitative estimate of drug-likeness (QED) is 0.791. The molecule has 1 amide bonds. The maximum Gasteiger partial charge on any atom is 0.404 e. The van der Waals surface area contributed by atoms with E-state index in [4.69, 9.17) is 5.11 Å². The highest BCUT2D eigenvalue weighted by Crippen LogP contribution is 2.25. The summed E-state index contributed by atoms with van der Waals surface area (Å²) in [7, 11) is 0. The van der Waals surface area contributed by atoms with Gasteiger partial charge >= 0.3 is 6.09 Å². The van der Waals surface area contributed by atoms with Crippen LogP contribution in [-0.4, -0.2) is 35.8 Å². The van der Waals surface area contributed by atoms with Gasteiger partial charge in [-0.3, -0.25) is 0 Å². The molecule has 0 radical (unpaired) electrons. The first-order valence-corrected chi connectivity index (χ1v) is 7.70. The molecule has 3 rings (SSSR count). The van der Waals surface area contributed by atoms with Crippen molar-refractivity contribution >= 4 is 23.3 Å². The van der Waals surface area contributed by atoms with Crippen molar-refractivity contribution in [3.63, 3.8) is 0 Å². The molecule has 1 aliphatic rings. The molecule has 6 nitrogen and oxygen atoms in total. The molecule has 1 aliphatic heterocycles. The summed E-state index contributed by atoms with van der Waals surface area (Å²) in [4.78, 5) is 17.2. The Kier molecular flexibility index (Phi) is 4.61. The second-order valence-electron chi connectivity index (χ2n) is 5.68. The largest absolute Gasteiger partial charge is 0.465 e. The van der Waals surface area contributed by atoms with E-state index in [-0.39, 0.29) is 0 Å². The number of carbonyl (C=O) groups is 1. The zero-order valence-corrected chi connectivity index (χ0v) is 12.8. The van der Waals surface area contributed by atoms with Gasteiger partial charge in [0.05, 0.1) is 0 Å². The average Bonchev–Trinajstić information content (AvgIpc) is 3.03. The van der Waals surface area contributed by atoms with Gasteiger partial charge in [0.25, 0.3) is 0 Å². The molecule has 1 saturated heterocycles. The average molecular weight is 312 g/mol. The van der Waals surface area contributed by atoms with Crippen LogP contribution in [0.4, 0.5) is 22.0 Å². The summed E-state index contributed by atoms with van der Waals surface area (Å²) in [6.07, 6.45) is 1.83. The Labute approximate surface area is 135 Å². The molecule has 1 fully saturated rings. The molecule has 0 saturated carbocycles. The van der Waals surface area contributed by atoms with Crippen LogP contribution in [0, 0.1) is 5.92 Å². The van der Waals surface area contributed by atoms with Crippen LogP contribution in [-0.2, 0) is 0 Å². The van der Waals surface area contributed by atoms with E-state index in [1.165, 1.54) is 0 Å². The summed E-state index contributed by atoms with van der Waals surface area (Å²) in [5.74, 6) is 1.16. The van der Waals surface area contributed by atoms with Crippen molar-refractivity contribution in [3.05, 3.63) is 48.7 Å². The monoisotopic (exact) mass is 312 g/mol. The van der Waals surface area contributed by atoms with E-state index in [0.717, 1.165) is 36.7 Å². The standard InChI is InChI=1S/C17H20N4O2/c22-17(23)19-11-13-7-9-21(12-13)15-6-8-18-16(10-15)20-14-4-2-1-3-5-14/h1-6,8,10,13,19H,7,9,11-12H2,(H,18,20)(H,22,23). The van der Waals surface area contributed by atoms with Crippen molar-refractivity contribution in [2.75, 3.05) is 29.9 Å². The number of nitrogens with zero attached hydrogens (tertiary/aromatic N) is 2. The summed E-state index contributed by atoms with van der Waals surface area (Å²) < 4.78 is 0. The minimum absolute atomic E-state index is 0.352. The molecule has 6 heteroatoms. The molecule has 2 aromatic rings. The molecule has 3 N–H and O–H groups in total. The maximum absolute atomic E-state index is 10.6. The first-order chi connectivity index (χ1) is 11.2. The van der Waals surface area contributed by atoms with Gasteiger partial charge in [0.2, 0.25) is 0 Å². The number of hydrogen-bond acceptors (Lipinski definition) is 4. The Morgan fingerprint density at radius 3 is 2.91 bits per heavy atom. The van der Waals surface area contributed by atoms with Gasteiger partial charge in [-0.15, -0.1) is 0 Å². The number of carboxylic acid groups (broad SMARTS) is 1. The van der Waals surface area contributed by atoms with Crippen LogP contribution in [0.5, 0.6) is 0 Å². The van der Waals surface area contributed by atoms with Gasteiger partial charge < -0.3 is 20.6 Å². The SMILES string of the molecule is O=C(O)NCC1CCN(c2ccnc(Nc3ccccc3)c2)C1. The lowest BCUT2D eigenvalue weighted by Crippen LogP contribution is -2.29. The fourth-order valence-corrected chi connectivity index (χ4v) is 2.82. The highest BCUT2D eigenvalue weighted by Gasteiger charge is 2.23. The van der Waals surface area contributed by atoms with Crippen LogP contribution in [0.3, 0.4) is 0 Å². The van der Waals surface area contributed by atoms with E-state index in [1.54, 1.807) is 6.20 Å². The summed E-state index contributed by atoms with van der Waals surface area (Å²) in [5, 5.41) is 14.5. The second kappa shape index (κ2) is 7.00. The number of amides is 1. The second-order valence-corrected chi connectivity index (χ2v) is 5.68. The van der Waals surface area contributed by atoms with Crippen LogP contribution in [0.1, 0.15) is 6.42 Å². The number of para-hydroxylation sites is 1. The highest BCUT2D eigenvalue weighted by molar-refractivity contribution is 5.64. The van der Waals surface area contributed by atoms with Gasteiger partial charge in [-0.05, 0) is 30.5 Å². The van der Waals surface area contributed by atoms with Gasteiger partial charge in [-0.25, -0.2) is 9.78 Å². The predicted octanol–water partition coefficient (Wildman–Crippen LogP) is 2.92. The topological polar surface area (TPSA) is 77.5 Å². The van der Waals surface area contributed by atoms with Crippen molar-refractivity contribution in [2.45, 2.75) is 6.42 Å². The Morgan fingerprint density at radius 1 is 1.30 bits per heavy atom. The Bertz CT molecular complexity index is 663. The zero-order chi connectivity index (χ0) is 16.1. The molecule has 1 aromatic heterocycles.